The predicted molar refractivity (Wildman–Crippen MR) is 77.7 cm³/mol. The number of nitrogens with one attached hydrogen (secondary N) is 2. The molecule has 0 bridgehead atoms. The van der Waals surface area contributed by atoms with Crippen molar-refractivity contribution in [2.24, 2.45) is 0 Å². The molecule has 1 aliphatic carbocycles. The number of urea groups is 1. The van der Waals surface area contributed by atoms with Crippen LogP contribution in [-0.4, -0.2) is 6.03 Å². The first-order chi connectivity index (χ1) is 9.24. The van der Waals surface area contributed by atoms with Crippen molar-refractivity contribution in [1.82, 2.24) is 10.6 Å². The van der Waals surface area contributed by atoms with E-state index in [2.05, 4.69) is 29.7 Å². The van der Waals surface area contributed by atoms with Gasteiger partial charge in [-0.2, -0.15) is 0 Å². The number of carbonyl (C=O) groups excluding carboxylic acids is 1. The van der Waals surface area contributed by atoms with E-state index >= 15 is 0 Å². The molecular weight excluding hydrogens is 236 g/mol. The molecule has 0 atom stereocenters. The predicted octanol–water partition coefficient (Wildman–Crippen LogP) is 3.64. The molecule has 0 heterocycles. The zero-order valence-electron chi connectivity index (χ0n) is 11.5. The number of allylic oxidation sites excluding steroid dienone is 1. The Morgan fingerprint density at radius 1 is 1.26 bits per heavy atom. The standard InChI is InChI=1S/C16H22N2O/c1-13-6-5-9-15(10-13)12-18-16(19)17-11-14-7-3-2-4-8-14/h5-6,9-11H,2-4,7-8,12H2,1H3,(H2,17,18,19). The van der Waals surface area contributed by atoms with Crippen molar-refractivity contribution in [2.45, 2.75) is 45.6 Å². The number of hydrogen-bond donors (Lipinski definition) is 2. The molecule has 0 aliphatic heterocycles. The van der Waals surface area contributed by atoms with Crippen LogP contribution in [0, 0.1) is 6.92 Å². The summed E-state index contributed by atoms with van der Waals surface area (Å²) in [6.07, 6.45) is 7.94. The van der Waals surface area contributed by atoms with E-state index in [1.807, 2.05) is 18.3 Å². The minimum absolute atomic E-state index is 0.125. The minimum Gasteiger partial charge on any atom is -0.334 e. The Labute approximate surface area is 115 Å². The van der Waals surface area contributed by atoms with Crippen LogP contribution in [0.4, 0.5) is 4.79 Å². The van der Waals surface area contributed by atoms with E-state index in [9.17, 15) is 4.79 Å². The Morgan fingerprint density at radius 2 is 2.05 bits per heavy atom. The number of aryl methyl sites for hydroxylation is 1. The SMILES string of the molecule is Cc1cccc(CNC(=O)NC=C2CCCCC2)c1. The van der Waals surface area contributed by atoms with Gasteiger partial charge in [0.15, 0.2) is 0 Å². The van der Waals surface area contributed by atoms with Crippen LogP contribution in [0.3, 0.4) is 0 Å². The monoisotopic (exact) mass is 258 g/mol. The van der Waals surface area contributed by atoms with Crippen LogP contribution in [0.2, 0.25) is 0 Å². The molecular formula is C16H22N2O. The molecule has 1 aromatic carbocycles. The highest BCUT2D eigenvalue weighted by Crippen LogP contribution is 2.21. The summed E-state index contributed by atoms with van der Waals surface area (Å²) in [5, 5.41) is 5.70. The number of hydrogen-bond acceptors (Lipinski definition) is 1. The van der Waals surface area contributed by atoms with E-state index < -0.39 is 0 Å². The van der Waals surface area contributed by atoms with Crippen LogP contribution in [-0.2, 0) is 6.54 Å². The summed E-state index contributed by atoms with van der Waals surface area (Å²) in [7, 11) is 0. The van der Waals surface area contributed by atoms with Gasteiger partial charge in [0.1, 0.15) is 0 Å². The van der Waals surface area contributed by atoms with Gasteiger partial charge in [-0.25, -0.2) is 4.79 Å². The average Bonchev–Trinajstić information content (AvgIpc) is 2.44. The fourth-order valence-electron chi connectivity index (χ4n) is 2.37. The van der Waals surface area contributed by atoms with Crippen molar-refractivity contribution in [3.8, 4) is 0 Å². The maximum absolute atomic E-state index is 11.7. The van der Waals surface area contributed by atoms with Gasteiger partial charge < -0.3 is 10.6 Å². The molecule has 0 spiro atoms. The highest BCUT2D eigenvalue weighted by molar-refractivity contribution is 5.74. The first-order valence-electron chi connectivity index (χ1n) is 7.02. The molecule has 19 heavy (non-hydrogen) atoms. The van der Waals surface area contributed by atoms with Gasteiger partial charge in [-0.15, -0.1) is 0 Å². The van der Waals surface area contributed by atoms with Gasteiger partial charge in [0.2, 0.25) is 0 Å². The third kappa shape index (κ3) is 4.78. The zero-order valence-corrected chi connectivity index (χ0v) is 11.5. The van der Waals surface area contributed by atoms with E-state index in [0.29, 0.717) is 6.54 Å². The molecule has 1 aromatic rings. The summed E-state index contributed by atoms with van der Waals surface area (Å²) in [6.45, 7) is 2.62. The molecule has 1 saturated carbocycles. The summed E-state index contributed by atoms with van der Waals surface area (Å²) < 4.78 is 0. The lowest BCUT2D eigenvalue weighted by Crippen LogP contribution is -2.32. The van der Waals surface area contributed by atoms with Crippen molar-refractivity contribution < 1.29 is 4.79 Å². The van der Waals surface area contributed by atoms with Crippen molar-refractivity contribution in [2.75, 3.05) is 0 Å². The molecule has 0 unspecified atom stereocenters. The van der Waals surface area contributed by atoms with Crippen LogP contribution < -0.4 is 10.6 Å². The highest BCUT2D eigenvalue weighted by Gasteiger charge is 2.05. The van der Waals surface area contributed by atoms with Gasteiger partial charge in [-0.3, -0.25) is 0 Å². The Kier molecular flexibility index (Phi) is 5.01. The second kappa shape index (κ2) is 6.98. The third-order valence-electron chi connectivity index (χ3n) is 3.44. The van der Waals surface area contributed by atoms with Crippen molar-refractivity contribution >= 4 is 6.03 Å². The van der Waals surface area contributed by atoms with E-state index in [-0.39, 0.29) is 6.03 Å². The largest absolute Gasteiger partial charge is 0.334 e. The van der Waals surface area contributed by atoms with Gasteiger partial charge in [-0.05, 0) is 38.2 Å². The second-order valence-corrected chi connectivity index (χ2v) is 5.18. The Balaban J connectivity index is 1.75. The number of rotatable bonds is 3. The van der Waals surface area contributed by atoms with Gasteiger partial charge in [0, 0.05) is 12.7 Å². The van der Waals surface area contributed by atoms with Crippen LogP contribution in [0.5, 0.6) is 0 Å². The third-order valence-corrected chi connectivity index (χ3v) is 3.44. The Hall–Kier alpha value is -1.77. The quantitative estimate of drug-likeness (QED) is 0.853. The van der Waals surface area contributed by atoms with Crippen molar-refractivity contribution in [3.05, 3.63) is 47.2 Å². The molecule has 0 aromatic heterocycles. The summed E-state index contributed by atoms with van der Waals surface area (Å²) in [5.41, 5.74) is 3.70. The molecule has 3 nitrogen and oxygen atoms in total. The minimum atomic E-state index is -0.125. The number of amides is 2. The van der Waals surface area contributed by atoms with Crippen molar-refractivity contribution in [3.63, 3.8) is 0 Å². The molecule has 3 heteroatoms. The topological polar surface area (TPSA) is 41.1 Å². The lowest BCUT2D eigenvalue weighted by Gasteiger charge is -2.13. The molecule has 2 N–H and O–H groups in total. The smallest absolute Gasteiger partial charge is 0.319 e. The summed E-state index contributed by atoms with van der Waals surface area (Å²) in [6, 6.07) is 8.04. The van der Waals surface area contributed by atoms with Crippen LogP contribution in [0.1, 0.15) is 43.2 Å². The molecule has 0 saturated heterocycles. The zero-order chi connectivity index (χ0) is 13.5. The van der Waals surface area contributed by atoms with Crippen LogP contribution in [0.15, 0.2) is 36.0 Å². The number of carbonyl (C=O) groups is 1. The summed E-state index contributed by atoms with van der Waals surface area (Å²) in [5.74, 6) is 0. The highest BCUT2D eigenvalue weighted by atomic mass is 16.2. The van der Waals surface area contributed by atoms with E-state index in [1.165, 1.54) is 30.4 Å². The van der Waals surface area contributed by atoms with Crippen LogP contribution >= 0.6 is 0 Å². The Morgan fingerprint density at radius 3 is 2.79 bits per heavy atom. The fourth-order valence-corrected chi connectivity index (χ4v) is 2.37. The lowest BCUT2D eigenvalue weighted by atomic mass is 9.96. The van der Waals surface area contributed by atoms with E-state index in [4.69, 9.17) is 0 Å². The van der Waals surface area contributed by atoms with E-state index in [0.717, 1.165) is 18.4 Å². The lowest BCUT2D eigenvalue weighted by molar-refractivity contribution is 0.243. The first kappa shape index (κ1) is 13.7. The maximum atomic E-state index is 11.7. The molecule has 102 valence electrons. The second-order valence-electron chi connectivity index (χ2n) is 5.18. The molecule has 1 aliphatic rings. The van der Waals surface area contributed by atoms with Gasteiger partial charge >= 0.3 is 6.03 Å². The molecule has 1 fully saturated rings. The molecule has 2 rings (SSSR count). The van der Waals surface area contributed by atoms with E-state index in [1.54, 1.807) is 0 Å². The Bertz CT molecular complexity index is 458. The number of benzene rings is 1. The van der Waals surface area contributed by atoms with Gasteiger partial charge in [0.25, 0.3) is 0 Å². The average molecular weight is 258 g/mol. The van der Waals surface area contributed by atoms with Gasteiger partial charge in [-0.1, -0.05) is 41.8 Å². The maximum Gasteiger partial charge on any atom is 0.319 e. The summed E-state index contributed by atoms with van der Waals surface area (Å²) >= 11 is 0. The molecule has 2 amide bonds. The fraction of sp³-hybridized carbons (Fsp3) is 0.438. The molecule has 0 radical (unpaired) electrons. The van der Waals surface area contributed by atoms with Crippen molar-refractivity contribution in [1.29, 1.82) is 0 Å². The summed E-state index contributed by atoms with van der Waals surface area (Å²) in [4.78, 5) is 11.7. The van der Waals surface area contributed by atoms with Crippen LogP contribution in [0.25, 0.3) is 0 Å². The normalized spacial score (nSPS) is 14.9. The first-order valence-corrected chi connectivity index (χ1v) is 7.02. The van der Waals surface area contributed by atoms with Gasteiger partial charge in [0.05, 0.1) is 0 Å².